The minimum Gasteiger partial charge on any atom is -0.268 e. The molecule has 7 heteroatoms. The van der Waals surface area contributed by atoms with Gasteiger partial charge < -0.3 is 0 Å². The average molecular weight is 323 g/mol. The van der Waals surface area contributed by atoms with Gasteiger partial charge in [0.2, 0.25) is 0 Å². The van der Waals surface area contributed by atoms with E-state index in [1.54, 1.807) is 24.7 Å². The average Bonchev–Trinajstić information content (AvgIpc) is 3.03. The Hall–Kier alpha value is -2.86. The summed E-state index contributed by atoms with van der Waals surface area (Å²) in [5.41, 5.74) is 4.49. The lowest BCUT2D eigenvalue weighted by Crippen LogP contribution is -2.00. The van der Waals surface area contributed by atoms with Crippen molar-refractivity contribution in [3.05, 3.63) is 66.2 Å². The Morgan fingerprint density at radius 2 is 1.83 bits per heavy atom. The van der Waals surface area contributed by atoms with Crippen LogP contribution in [0.2, 0.25) is 5.15 Å². The third kappa shape index (κ3) is 2.89. The van der Waals surface area contributed by atoms with Gasteiger partial charge in [-0.05, 0) is 18.2 Å². The molecule has 6 nitrogen and oxygen atoms in total. The highest BCUT2D eigenvalue weighted by Crippen LogP contribution is 2.22. The van der Waals surface area contributed by atoms with Crippen molar-refractivity contribution in [2.45, 2.75) is 6.54 Å². The summed E-state index contributed by atoms with van der Waals surface area (Å²) in [5, 5.41) is 4.83. The van der Waals surface area contributed by atoms with E-state index in [4.69, 9.17) is 11.6 Å². The van der Waals surface area contributed by atoms with Crippen molar-refractivity contribution in [2.24, 2.45) is 0 Å². The molecule has 0 unspecified atom stereocenters. The summed E-state index contributed by atoms with van der Waals surface area (Å²) in [6, 6.07) is 5.55. The number of aromatic nitrogens is 6. The fourth-order valence-electron chi connectivity index (χ4n) is 2.34. The Labute approximate surface area is 136 Å². The Balaban J connectivity index is 1.66. The van der Waals surface area contributed by atoms with Gasteiger partial charge in [0, 0.05) is 41.5 Å². The van der Waals surface area contributed by atoms with Crippen LogP contribution in [-0.4, -0.2) is 29.7 Å². The maximum atomic E-state index is 5.94. The molecule has 23 heavy (non-hydrogen) atoms. The van der Waals surface area contributed by atoms with Crippen LogP contribution >= 0.6 is 11.6 Å². The van der Waals surface area contributed by atoms with E-state index in [0.717, 1.165) is 27.7 Å². The number of hydrogen-bond donors (Lipinski definition) is 0. The summed E-state index contributed by atoms with van der Waals surface area (Å²) in [4.78, 5) is 16.7. The van der Waals surface area contributed by atoms with E-state index < -0.39 is 0 Å². The van der Waals surface area contributed by atoms with Crippen LogP contribution in [-0.2, 0) is 6.54 Å². The summed E-state index contributed by atoms with van der Waals surface area (Å²) in [7, 11) is 0. The molecule has 0 aliphatic heterocycles. The molecule has 0 saturated heterocycles. The van der Waals surface area contributed by atoms with Gasteiger partial charge in [-0.2, -0.15) is 5.10 Å². The number of nitrogens with zero attached hydrogens (tertiary/aromatic N) is 6. The zero-order valence-electron chi connectivity index (χ0n) is 12.0. The van der Waals surface area contributed by atoms with Gasteiger partial charge in [0.25, 0.3) is 0 Å². The zero-order chi connectivity index (χ0) is 15.6. The van der Waals surface area contributed by atoms with Crippen LogP contribution < -0.4 is 0 Å². The van der Waals surface area contributed by atoms with E-state index in [9.17, 15) is 0 Å². The van der Waals surface area contributed by atoms with Crippen LogP contribution in [0.1, 0.15) is 5.56 Å². The third-order valence-corrected chi connectivity index (χ3v) is 3.64. The van der Waals surface area contributed by atoms with Crippen LogP contribution in [0.25, 0.3) is 22.2 Å². The Bertz CT molecular complexity index is 967. The summed E-state index contributed by atoms with van der Waals surface area (Å²) in [6.45, 7) is 0.617. The lowest BCUT2D eigenvalue weighted by molar-refractivity contribution is 0.682. The van der Waals surface area contributed by atoms with Gasteiger partial charge in [0.15, 0.2) is 0 Å². The standard InChI is InChI=1S/C16H11ClN6/c17-16-2-1-14-15(22-16)3-12(6-20-14)13-7-21-23(9-13)8-11-4-18-10-19-5-11/h1-7,9-10H,8H2. The van der Waals surface area contributed by atoms with Crippen LogP contribution in [0.15, 0.2) is 55.5 Å². The summed E-state index contributed by atoms with van der Waals surface area (Å²) >= 11 is 5.94. The lowest BCUT2D eigenvalue weighted by Gasteiger charge is -2.01. The third-order valence-electron chi connectivity index (χ3n) is 3.43. The second-order valence-corrected chi connectivity index (χ2v) is 5.46. The number of fused-ring (bicyclic) bond motifs is 1. The van der Waals surface area contributed by atoms with Gasteiger partial charge in [-0.1, -0.05) is 11.6 Å². The Kier molecular flexibility index (Phi) is 3.44. The molecule has 0 radical (unpaired) electrons. The summed E-state index contributed by atoms with van der Waals surface area (Å²) in [5.74, 6) is 0. The van der Waals surface area contributed by atoms with E-state index >= 15 is 0 Å². The molecule has 0 aliphatic rings. The maximum absolute atomic E-state index is 5.94. The van der Waals surface area contributed by atoms with Crippen LogP contribution in [0.3, 0.4) is 0 Å². The molecule has 0 N–H and O–H groups in total. The van der Waals surface area contributed by atoms with Crippen LogP contribution in [0.4, 0.5) is 0 Å². The molecular formula is C16H11ClN6. The van der Waals surface area contributed by atoms with Gasteiger partial charge in [-0.3, -0.25) is 9.67 Å². The van der Waals surface area contributed by atoms with E-state index in [0.29, 0.717) is 11.7 Å². The second kappa shape index (κ2) is 5.73. The molecule has 4 aromatic heterocycles. The van der Waals surface area contributed by atoms with Crippen molar-refractivity contribution >= 4 is 22.6 Å². The molecule has 0 spiro atoms. The molecule has 0 bridgehead atoms. The smallest absolute Gasteiger partial charge is 0.129 e. The van der Waals surface area contributed by atoms with Gasteiger partial charge in [0.05, 0.1) is 23.8 Å². The molecule has 4 heterocycles. The summed E-state index contributed by atoms with van der Waals surface area (Å²) in [6.07, 6.45) is 10.6. The molecular weight excluding hydrogens is 312 g/mol. The molecule has 0 aliphatic carbocycles. The van der Waals surface area contributed by atoms with Crippen LogP contribution in [0.5, 0.6) is 0 Å². The summed E-state index contributed by atoms with van der Waals surface area (Å²) < 4.78 is 1.84. The highest BCUT2D eigenvalue weighted by molar-refractivity contribution is 6.29. The maximum Gasteiger partial charge on any atom is 0.129 e. The first-order valence-electron chi connectivity index (χ1n) is 6.97. The fourth-order valence-corrected chi connectivity index (χ4v) is 2.49. The molecule has 4 rings (SSSR count). The van der Waals surface area contributed by atoms with Crippen molar-refractivity contribution in [1.82, 2.24) is 29.7 Å². The molecule has 0 saturated carbocycles. The fraction of sp³-hybridized carbons (Fsp3) is 0.0625. The second-order valence-electron chi connectivity index (χ2n) is 5.07. The molecule has 0 fully saturated rings. The van der Waals surface area contributed by atoms with E-state index in [2.05, 4.69) is 25.0 Å². The van der Waals surface area contributed by atoms with E-state index in [-0.39, 0.29) is 0 Å². The molecule has 0 amide bonds. The van der Waals surface area contributed by atoms with Crippen molar-refractivity contribution in [3.8, 4) is 11.1 Å². The minimum atomic E-state index is 0.455. The topological polar surface area (TPSA) is 69.4 Å². The van der Waals surface area contributed by atoms with Crippen molar-refractivity contribution in [3.63, 3.8) is 0 Å². The Morgan fingerprint density at radius 1 is 0.957 bits per heavy atom. The molecule has 4 aromatic rings. The highest BCUT2D eigenvalue weighted by Gasteiger charge is 2.06. The Morgan fingerprint density at radius 3 is 2.70 bits per heavy atom. The number of rotatable bonds is 3. The predicted octanol–water partition coefficient (Wildman–Crippen LogP) is 2.99. The normalized spacial score (nSPS) is 11.0. The predicted molar refractivity (Wildman–Crippen MR) is 86.9 cm³/mol. The van der Waals surface area contributed by atoms with Crippen LogP contribution in [0, 0.1) is 0 Å². The monoisotopic (exact) mass is 322 g/mol. The van der Waals surface area contributed by atoms with Gasteiger partial charge in [-0.25, -0.2) is 15.0 Å². The highest BCUT2D eigenvalue weighted by atomic mass is 35.5. The van der Waals surface area contributed by atoms with Gasteiger partial charge in [0.1, 0.15) is 11.5 Å². The van der Waals surface area contributed by atoms with Gasteiger partial charge >= 0.3 is 0 Å². The number of pyridine rings is 2. The number of halogens is 1. The molecule has 0 atom stereocenters. The van der Waals surface area contributed by atoms with E-state index in [1.165, 1.54) is 6.33 Å². The largest absolute Gasteiger partial charge is 0.268 e. The lowest BCUT2D eigenvalue weighted by atomic mass is 10.1. The first-order valence-corrected chi connectivity index (χ1v) is 7.35. The van der Waals surface area contributed by atoms with E-state index in [1.807, 2.05) is 29.2 Å². The number of hydrogen-bond acceptors (Lipinski definition) is 5. The SMILES string of the molecule is Clc1ccc2ncc(-c3cnn(Cc4cncnc4)c3)cc2n1. The van der Waals surface area contributed by atoms with Crippen molar-refractivity contribution in [2.75, 3.05) is 0 Å². The molecule has 0 aromatic carbocycles. The first kappa shape index (κ1) is 13.8. The zero-order valence-corrected chi connectivity index (χ0v) is 12.7. The van der Waals surface area contributed by atoms with Gasteiger partial charge in [-0.15, -0.1) is 0 Å². The first-order chi connectivity index (χ1) is 11.3. The molecule has 112 valence electrons. The minimum absolute atomic E-state index is 0.455. The van der Waals surface area contributed by atoms with Crippen molar-refractivity contribution < 1.29 is 0 Å². The quantitative estimate of drug-likeness (QED) is 0.542. The van der Waals surface area contributed by atoms with Crippen molar-refractivity contribution in [1.29, 1.82) is 0 Å².